The SMILES string of the molecule is CCCC(C)Oc1ccc(C(=O)O)c(C(F)(F)F)c1. The van der Waals surface area contributed by atoms with Gasteiger partial charge in [0, 0.05) is 0 Å². The van der Waals surface area contributed by atoms with Gasteiger partial charge in [0.1, 0.15) is 5.75 Å². The van der Waals surface area contributed by atoms with E-state index in [2.05, 4.69) is 0 Å². The lowest BCUT2D eigenvalue weighted by Gasteiger charge is -2.16. The summed E-state index contributed by atoms with van der Waals surface area (Å²) in [5.74, 6) is -1.58. The normalized spacial score (nSPS) is 13.1. The van der Waals surface area contributed by atoms with Crippen LogP contribution in [0.3, 0.4) is 0 Å². The van der Waals surface area contributed by atoms with Gasteiger partial charge < -0.3 is 9.84 Å². The lowest BCUT2D eigenvalue weighted by atomic mass is 10.1. The van der Waals surface area contributed by atoms with E-state index in [9.17, 15) is 18.0 Å². The van der Waals surface area contributed by atoms with Gasteiger partial charge in [-0.2, -0.15) is 13.2 Å². The average Bonchev–Trinajstić information content (AvgIpc) is 2.27. The molecule has 1 aromatic rings. The fraction of sp³-hybridized carbons (Fsp3) is 0.462. The van der Waals surface area contributed by atoms with Crippen molar-refractivity contribution in [2.75, 3.05) is 0 Å². The molecule has 0 bridgehead atoms. The fourth-order valence-electron chi connectivity index (χ4n) is 1.72. The van der Waals surface area contributed by atoms with Gasteiger partial charge in [-0.25, -0.2) is 4.79 Å². The van der Waals surface area contributed by atoms with E-state index in [0.717, 1.165) is 18.6 Å². The number of rotatable bonds is 5. The van der Waals surface area contributed by atoms with Crippen molar-refractivity contribution in [2.24, 2.45) is 0 Å². The highest BCUT2D eigenvalue weighted by atomic mass is 19.4. The summed E-state index contributed by atoms with van der Waals surface area (Å²) in [4.78, 5) is 10.8. The van der Waals surface area contributed by atoms with E-state index >= 15 is 0 Å². The number of aromatic carboxylic acids is 1. The molecule has 0 amide bonds. The second kappa shape index (κ2) is 5.95. The lowest BCUT2D eigenvalue weighted by molar-refractivity contribution is -0.138. The number of carboxylic acids is 1. The van der Waals surface area contributed by atoms with Crippen LogP contribution in [0.5, 0.6) is 5.75 Å². The minimum Gasteiger partial charge on any atom is -0.491 e. The molecular weight excluding hydrogens is 261 g/mol. The molecule has 0 saturated heterocycles. The second-order valence-corrected chi connectivity index (χ2v) is 4.23. The highest BCUT2D eigenvalue weighted by Crippen LogP contribution is 2.34. The van der Waals surface area contributed by atoms with Gasteiger partial charge in [-0.05, 0) is 31.5 Å². The van der Waals surface area contributed by atoms with E-state index in [-0.39, 0.29) is 11.9 Å². The second-order valence-electron chi connectivity index (χ2n) is 4.23. The number of halogens is 3. The molecule has 0 heterocycles. The van der Waals surface area contributed by atoms with Crippen molar-refractivity contribution in [1.82, 2.24) is 0 Å². The van der Waals surface area contributed by atoms with E-state index in [1.807, 2.05) is 6.92 Å². The predicted molar refractivity (Wildman–Crippen MR) is 63.4 cm³/mol. The number of ether oxygens (including phenoxy) is 1. The smallest absolute Gasteiger partial charge is 0.417 e. The first-order valence-electron chi connectivity index (χ1n) is 5.87. The molecular formula is C13H15F3O3. The van der Waals surface area contributed by atoms with Crippen molar-refractivity contribution in [3.05, 3.63) is 29.3 Å². The van der Waals surface area contributed by atoms with E-state index in [4.69, 9.17) is 9.84 Å². The molecule has 3 nitrogen and oxygen atoms in total. The number of hydrogen-bond acceptors (Lipinski definition) is 2. The van der Waals surface area contributed by atoms with Crippen LogP contribution in [0.15, 0.2) is 18.2 Å². The molecule has 1 unspecified atom stereocenters. The van der Waals surface area contributed by atoms with E-state index in [0.29, 0.717) is 6.42 Å². The van der Waals surface area contributed by atoms with Crippen molar-refractivity contribution in [1.29, 1.82) is 0 Å². The number of benzene rings is 1. The maximum atomic E-state index is 12.8. The number of carbonyl (C=O) groups is 1. The Balaban J connectivity index is 3.09. The van der Waals surface area contributed by atoms with Crippen molar-refractivity contribution < 1.29 is 27.8 Å². The summed E-state index contributed by atoms with van der Waals surface area (Å²) in [6, 6.07) is 2.89. The van der Waals surface area contributed by atoms with Crippen LogP contribution in [0.1, 0.15) is 42.6 Å². The zero-order chi connectivity index (χ0) is 14.6. The largest absolute Gasteiger partial charge is 0.491 e. The molecule has 1 N–H and O–H groups in total. The number of hydrogen-bond donors (Lipinski definition) is 1. The van der Waals surface area contributed by atoms with Gasteiger partial charge in [-0.15, -0.1) is 0 Å². The lowest BCUT2D eigenvalue weighted by Crippen LogP contribution is -2.15. The summed E-state index contributed by atoms with van der Waals surface area (Å²) in [5.41, 5.74) is -1.97. The van der Waals surface area contributed by atoms with Crippen molar-refractivity contribution >= 4 is 5.97 Å². The molecule has 1 atom stereocenters. The standard InChI is InChI=1S/C13H15F3O3/c1-3-4-8(2)19-9-5-6-10(12(17)18)11(7-9)13(14,15)16/h5-8H,3-4H2,1-2H3,(H,17,18). The molecule has 106 valence electrons. The highest BCUT2D eigenvalue weighted by molar-refractivity contribution is 5.89. The van der Waals surface area contributed by atoms with Gasteiger partial charge in [0.25, 0.3) is 0 Å². The van der Waals surface area contributed by atoms with Crippen molar-refractivity contribution in [3.8, 4) is 5.75 Å². The van der Waals surface area contributed by atoms with Crippen molar-refractivity contribution in [2.45, 2.75) is 39.0 Å². The van der Waals surface area contributed by atoms with Crippen LogP contribution >= 0.6 is 0 Å². The van der Waals surface area contributed by atoms with E-state index in [1.165, 1.54) is 6.07 Å². The van der Waals surface area contributed by atoms with Gasteiger partial charge in [0.05, 0.1) is 17.2 Å². The molecule has 0 aliphatic carbocycles. The Morgan fingerprint density at radius 2 is 2.05 bits per heavy atom. The molecule has 0 spiro atoms. The van der Waals surface area contributed by atoms with Gasteiger partial charge >= 0.3 is 12.1 Å². The summed E-state index contributed by atoms with van der Waals surface area (Å²) in [6.07, 6.45) is -3.38. The van der Waals surface area contributed by atoms with Crippen LogP contribution < -0.4 is 4.74 Å². The molecule has 1 aromatic carbocycles. The third-order valence-corrected chi connectivity index (χ3v) is 2.56. The molecule has 0 aromatic heterocycles. The Labute approximate surface area is 109 Å². The first kappa shape index (κ1) is 15.3. The van der Waals surface area contributed by atoms with Crippen LogP contribution in [-0.4, -0.2) is 17.2 Å². The molecule has 0 aliphatic heterocycles. The van der Waals surface area contributed by atoms with Crippen molar-refractivity contribution in [3.63, 3.8) is 0 Å². The maximum absolute atomic E-state index is 12.8. The first-order valence-corrected chi connectivity index (χ1v) is 5.87. The molecule has 6 heteroatoms. The van der Waals surface area contributed by atoms with Gasteiger partial charge in [-0.1, -0.05) is 13.3 Å². The zero-order valence-electron chi connectivity index (χ0n) is 10.6. The predicted octanol–water partition coefficient (Wildman–Crippen LogP) is 3.97. The Morgan fingerprint density at radius 3 is 2.53 bits per heavy atom. The topological polar surface area (TPSA) is 46.5 Å². The Bertz CT molecular complexity index is 455. The average molecular weight is 276 g/mol. The van der Waals surface area contributed by atoms with Gasteiger partial charge in [-0.3, -0.25) is 0 Å². The molecule has 0 fully saturated rings. The first-order chi connectivity index (χ1) is 8.75. The number of alkyl halides is 3. The van der Waals surface area contributed by atoms with E-state index < -0.39 is 23.3 Å². The third-order valence-electron chi connectivity index (χ3n) is 2.56. The Morgan fingerprint density at radius 1 is 1.42 bits per heavy atom. The molecule has 0 saturated carbocycles. The molecule has 1 rings (SSSR count). The number of carboxylic acid groups (broad SMARTS) is 1. The maximum Gasteiger partial charge on any atom is 0.417 e. The summed E-state index contributed by atoms with van der Waals surface area (Å²) < 4.78 is 43.6. The molecule has 0 aliphatic rings. The minimum absolute atomic E-state index is 0.0262. The molecule has 19 heavy (non-hydrogen) atoms. The van der Waals surface area contributed by atoms with E-state index in [1.54, 1.807) is 6.92 Å². The summed E-state index contributed by atoms with van der Waals surface area (Å²) >= 11 is 0. The Kier molecular flexibility index (Phi) is 4.80. The van der Waals surface area contributed by atoms with Crippen LogP contribution in [0.4, 0.5) is 13.2 Å². The zero-order valence-corrected chi connectivity index (χ0v) is 10.6. The van der Waals surface area contributed by atoms with Crippen LogP contribution in [0.2, 0.25) is 0 Å². The fourth-order valence-corrected chi connectivity index (χ4v) is 1.72. The molecule has 0 radical (unpaired) electrons. The summed E-state index contributed by atoms with van der Waals surface area (Å²) in [5, 5.41) is 8.75. The van der Waals surface area contributed by atoms with Gasteiger partial charge in [0.15, 0.2) is 0 Å². The summed E-state index contributed by atoms with van der Waals surface area (Å²) in [6.45, 7) is 3.69. The van der Waals surface area contributed by atoms with Crippen LogP contribution in [-0.2, 0) is 6.18 Å². The third kappa shape index (κ3) is 4.15. The monoisotopic (exact) mass is 276 g/mol. The van der Waals surface area contributed by atoms with Crippen LogP contribution in [0.25, 0.3) is 0 Å². The highest BCUT2D eigenvalue weighted by Gasteiger charge is 2.35. The quantitative estimate of drug-likeness (QED) is 0.885. The summed E-state index contributed by atoms with van der Waals surface area (Å²) in [7, 11) is 0. The van der Waals surface area contributed by atoms with Gasteiger partial charge in [0.2, 0.25) is 0 Å². The van der Waals surface area contributed by atoms with Crippen LogP contribution in [0, 0.1) is 0 Å². The minimum atomic E-state index is -4.72. The Hall–Kier alpha value is -1.72.